The second-order valence-electron chi connectivity index (χ2n) is 5.68. The van der Waals surface area contributed by atoms with Crippen molar-refractivity contribution in [3.63, 3.8) is 0 Å². The number of benzene rings is 1. The maximum atomic E-state index is 5.64. The van der Waals surface area contributed by atoms with Crippen molar-refractivity contribution in [2.75, 3.05) is 13.6 Å². The fourth-order valence-corrected chi connectivity index (χ4v) is 2.56. The molecule has 0 radical (unpaired) electrons. The molecule has 3 heteroatoms. The summed E-state index contributed by atoms with van der Waals surface area (Å²) in [4.78, 5) is 2.89. The molecule has 0 aliphatic heterocycles. The summed E-state index contributed by atoms with van der Waals surface area (Å²) in [6.07, 6.45) is 1.39. The minimum Gasteiger partial charge on any atom is -0.389 e. The van der Waals surface area contributed by atoms with Gasteiger partial charge in [0, 0.05) is 18.7 Å². The van der Waals surface area contributed by atoms with E-state index in [1.54, 1.807) is 0 Å². The second kappa shape index (κ2) is 5.37. The lowest BCUT2D eigenvalue weighted by Crippen LogP contribution is -2.21. The van der Waals surface area contributed by atoms with Gasteiger partial charge in [-0.25, -0.2) is 0 Å². The lowest BCUT2D eigenvalue weighted by molar-refractivity contribution is 0.307. The van der Waals surface area contributed by atoms with E-state index in [1.807, 2.05) is 6.07 Å². The molecule has 1 aromatic rings. The maximum Gasteiger partial charge on any atom is 0.103 e. The molecule has 0 bridgehead atoms. The van der Waals surface area contributed by atoms with Crippen LogP contribution in [0, 0.1) is 18.8 Å². The van der Waals surface area contributed by atoms with Gasteiger partial charge in [0.05, 0.1) is 0 Å². The van der Waals surface area contributed by atoms with E-state index < -0.39 is 0 Å². The quantitative estimate of drug-likeness (QED) is 0.827. The highest BCUT2D eigenvalue weighted by atomic mass is 32.1. The zero-order valence-corrected chi connectivity index (χ0v) is 12.3. The van der Waals surface area contributed by atoms with E-state index in [9.17, 15) is 0 Å². The van der Waals surface area contributed by atoms with Crippen molar-refractivity contribution in [1.82, 2.24) is 4.90 Å². The third-order valence-corrected chi connectivity index (χ3v) is 4.13. The zero-order valence-electron chi connectivity index (χ0n) is 11.4. The number of rotatable bonds is 5. The van der Waals surface area contributed by atoms with Crippen molar-refractivity contribution in [2.24, 2.45) is 17.6 Å². The number of aryl methyl sites for hydroxylation is 1. The summed E-state index contributed by atoms with van der Waals surface area (Å²) in [7, 11) is 2.20. The van der Waals surface area contributed by atoms with Crippen LogP contribution in [0.3, 0.4) is 0 Å². The summed E-state index contributed by atoms with van der Waals surface area (Å²) in [6.45, 7) is 6.68. The number of nitrogens with zero attached hydrogens (tertiary/aromatic N) is 1. The first kappa shape index (κ1) is 13.5. The highest BCUT2D eigenvalue weighted by Gasteiger charge is 2.32. The minimum atomic E-state index is 0.477. The number of nitrogens with two attached hydrogens (primary N) is 1. The first-order chi connectivity index (χ1) is 8.47. The van der Waals surface area contributed by atoms with Crippen LogP contribution in [-0.2, 0) is 6.54 Å². The van der Waals surface area contributed by atoms with Crippen LogP contribution in [0.15, 0.2) is 18.2 Å². The maximum absolute atomic E-state index is 5.64. The molecule has 2 unspecified atom stereocenters. The largest absolute Gasteiger partial charge is 0.389 e. The van der Waals surface area contributed by atoms with E-state index in [0.717, 1.165) is 23.9 Å². The number of thiocarbonyl (C=S) groups is 1. The number of hydrogen-bond acceptors (Lipinski definition) is 2. The molecule has 0 saturated heterocycles. The molecule has 1 aromatic carbocycles. The van der Waals surface area contributed by atoms with Gasteiger partial charge in [-0.1, -0.05) is 31.3 Å². The van der Waals surface area contributed by atoms with Crippen molar-refractivity contribution in [2.45, 2.75) is 26.8 Å². The van der Waals surface area contributed by atoms with Crippen molar-refractivity contribution >= 4 is 17.2 Å². The Morgan fingerprint density at radius 1 is 1.50 bits per heavy atom. The molecule has 1 aliphatic rings. The molecule has 18 heavy (non-hydrogen) atoms. The second-order valence-corrected chi connectivity index (χ2v) is 6.12. The van der Waals surface area contributed by atoms with Gasteiger partial charge in [0.25, 0.3) is 0 Å². The summed E-state index contributed by atoms with van der Waals surface area (Å²) < 4.78 is 0. The van der Waals surface area contributed by atoms with E-state index in [2.05, 4.69) is 37.9 Å². The molecule has 1 saturated carbocycles. The summed E-state index contributed by atoms with van der Waals surface area (Å²) in [5, 5.41) is 0. The monoisotopic (exact) mass is 262 g/mol. The van der Waals surface area contributed by atoms with E-state index in [-0.39, 0.29) is 0 Å². The molecule has 1 fully saturated rings. The van der Waals surface area contributed by atoms with Crippen LogP contribution in [0.1, 0.15) is 30.0 Å². The van der Waals surface area contributed by atoms with Crippen LogP contribution in [0.2, 0.25) is 0 Å². The minimum absolute atomic E-state index is 0.477. The first-order valence-corrected chi connectivity index (χ1v) is 6.96. The third-order valence-electron chi connectivity index (χ3n) is 3.89. The highest BCUT2D eigenvalue weighted by molar-refractivity contribution is 7.80. The highest BCUT2D eigenvalue weighted by Crippen LogP contribution is 2.38. The van der Waals surface area contributed by atoms with Gasteiger partial charge in [-0.3, -0.25) is 0 Å². The molecule has 2 atom stereocenters. The van der Waals surface area contributed by atoms with Crippen LogP contribution in [-0.4, -0.2) is 23.5 Å². The first-order valence-electron chi connectivity index (χ1n) is 6.55. The van der Waals surface area contributed by atoms with Gasteiger partial charge in [-0.2, -0.15) is 0 Å². The molecular formula is C15H22N2S. The third kappa shape index (κ3) is 3.30. The molecule has 2 N–H and O–H groups in total. The van der Waals surface area contributed by atoms with Gasteiger partial charge in [0.15, 0.2) is 0 Å². The van der Waals surface area contributed by atoms with Crippen molar-refractivity contribution in [1.29, 1.82) is 0 Å². The topological polar surface area (TPSA) is 29.3 Å². The zero-order chi connectivity index (χ0) is 13.3. The Hall–Kier alpha value is -0.930. The van der Waals surface area contributed by atoms with E-state index in [4.69, 9.17) is 18.0 Å². The Labute approximate surface area is 115 Å². The predicted octanol–water partition coefficient (Wildman–Crippen LogP) is 2.72. The molecule has 0 spiro atoms. The normalized spacial score (nSPS) is 22.2. The van der Waals surface area contributed by atoms with Crippen LogP contribution >= 0.6 is 12.2 Å². The molecular weight excluding hydrogens is 240 g/mol. The van der Waals surface area contributed by atoms with Gasteiger partial charge in [0.2, 0.25) is 0 Å². The Bertz CT molecular complexity index is 456. The standard InChI is InChI=1S/C15H22N2S/c1-10-6-12(15(16)18)4-5-13(10)8-17(3)9-14-7-11(14)2/h4-6,11,14H,7-9H2,1-3H3,(H2,16,18). The van der Waals surface area contributed by atoms with Crippen molar-refractivity contribution in [3.05, 3.63) is 34.9 Å². The molecule has 0 amide bonds. The predicted molar refractivity (Wildman–Crippen MR) is 80.7 cm³/mol. The summed E-state index contributed by atoms with van der Waals surface area (Å²) in [5.74, 6) is 1.83. The molecule has 0 aromatic heterocycles. The van der Waals surface area contributed by atoms with Gasteiger partial charge in [0.1, 0.15) is 4.99 Å². The average Bonchev–Trinajstić information content (AvgIpc) is 2.96. The van der Waals surface area contributed by atoms with E-state index in [1.165, 1.54) is 24.1 Å². The van der Waals surface area contributed by atoms with Crippen LogP contribution in [0.25, 0.3) is 0 Å². The van der Waals surface area contributed by atoms with Gasteiger partial charge in [-0.15, -0.1) is 0 Å². The molecule has 2 nitrogen and oxygen atoms in total. The number of hydrogen-bond donors (Lipinski definition) is 1. The SMILES string of the molecule is Cc1cc(C(N)=S)ccc1CN(C)CC1CC1C. The van der Waals surface area contributed by atoms with E-state index >= 15 is 0 Å². The van der Waals surface area contributed by atoms with Gasteiger partial charge in [-0.05, 0) is 49.4 Å². The fraction of sp³-hybridized carbons (Fsp3) is 0.533. The smallest absolute Gasteiger partial charge is 0.103 e. The summed E-state index contributed by atoms with van der Waals surface area (Å²) >= 11 is 5.00. The van der Waals surface area contributed by atoms with Crippen LogP contribution in [0.5, 0.6) is 0 Å². The average molecular weight is 262 g/mol. The summed E-state index contributed by atoms with van der Waals surface area (Å²) in [6, 6.07) is 6.26. The Morgan fingerprint density at radius 3 is 2.67 bits per heavy atom. The van der Waals surface area contributed by atoms with Crippen molar-refractivity contribution < 1.29 is 0 Å². The Morgan fingerprint density at radius 2 is 2.17 bits per heavy atom. The van der Waals surface area contributed by atoms with Gasteiger partial charge >= 0.3 is 0 Å². The lowest BCUT2D eigenvalue weighted by atomic mass is 10.0. The lowest BCUT2D eigenvalue weighted by Gasteiger charge is -2.18. The molecule has 1 aliphatic carbocycles. The molecule has 0 heterocycles. The van der Waals surface area contributed by atoms with Gasteiger partial charge < -0.3 is 10.6 Å². The molecule has 98 valence electrons. The molecule has 2 rings (SSSR count). The van der Waals surface area contributed by atoms with E-state index in [0.29, 0.717) is 4.99 Å². The summed E-state index contributed by atoms with van der Waals surface area (Å²) in [5.41, 5.74) is 9.25. The van der Waals surface area contributed by atoms with Crippen molar-refractivity contribution in [3.8, 4) is 0 Å². The fourth-order valence-electron chi connectivity index (χ4n) is 2.44. The van der Waals surface area contributed by atoms with Crippen LogP contribution in [0.4, 0.5) is 0 Å². The Kier molecular flexibility index (Phi) is 4.03. The van der Waals surface area contributed by atoms with Crippen LogP contribution < -0.4 is 5.73 Å². The Balaban J connectivity index is 1.98.